The van der Waals surface area contributed by atoms with Crippen LogP contribution in [0.1, 0.15) is 49.9 Å². The van der Waals surface area contributed by atoms with Gasteiger partial charge in [0.15, 0.2) is 0 Å². The van der Waals surface area contributed by atoms with E-state index in [9.17, 15) is 9.59 Å². The predicted molar refractivity (Wildman–Crippen MR) is 126 cm³/mol. The molecule has 0 aliphatic carbocycles. The van der Waals surface area contributed by atoms with Gasteiger partial charge in [0.25, 0.3) is 5.91 Å². The Labute approximate surface area is 185 Å². The minimum atomic E-state index is -0.288. The molecule has 0 saturated carbocycles. The zero-order valence-corrected chi connectivity index (χ0v) is 18.8. The third-order valence-electron chi connectivity index (χ3n) is 6.40. The molecule has 6 heteroatoms. The summed E-state index contributed by atoms with van der Waals surface area (Å²) in [4.78, 5) is 27.8. The molecular formula is C25H36N4O2. The van der Waals surface area contributed by atoms with Crippen LogP contribution in [0.15, 0.2) is 42.5 Å². The maximum atomic E-state index is 13.1. The van der Waals surface area contributed by atoms with Crippen molar-refractivity contribution in [3.05, 3.63) is 48.0 Å². The highest BCUT2D eigenvalue weighted by molar-refractivity contribution is 5.98. The molecule has 2 aromatic rings. The van der Waals surface area contributed by atoms with E-state index in [4.69, 9.17) is 5.73 Å². The van der Waals surface area contributed by atoms with Crippen LogP contribution >= 0.6 is 0 Å². The molecule has 1 aliphatic heterocycles. The highest BCUT2D eigenvalue weighted by Crippen LogP contribution is 2.17. The molecule has 0 radical (unpaired) electrons. The normalized spacial score (nSPS) is 19.6. The Morgan fingerprint density at radius 1 is 1.19 bits per heavy atom. The van der Waals surface area contributed by atoms with Crippen LogP contribution in [0.4, 0.5) is 0 Å². The summed E-state index contributed by atoms with van der Waals surface area (Å²) in [6, 6.07) is 13.5. The van der Waals surface area contributed by atoms with Crippen LogP contribution in [0.2, 0.25) is 0 Å². The maximum absolute atomic E-state index is 13.1. The molecule has 1 heterocycles. The van der Waals surface area contributed by atoms with Gasteiger partial charge in [-0.2, -0.15) is 0 Å². The Morgan fingerprint density at radius 3 is 2.65 bits per heavy atom. The lowest BCUT2D eigenvalue weighted by Gasteiger charge is -2.27. The van der Waals surface area contributed by atoms with Crippen molar-refractivity contribution in [3.8, 4) is 0 Å². The Morgan fingerprint density at radius 2 is 1.94 bits per heavy atom. The van der Waals surface area contributed by atoms with Crippen molar-refractivity contribution in [2.45, 2.75) is 51.6 Å². The fourth-order valence-electron chi connectivity index (χ4n) is 4.30. The van der Waals surface area contributed by atoms with E-state index in [1.54, 1.807) is 0 Å². The second-order valence-corrected chi connectivity index (χ2v) is 8.52. The first-order valence-corrected chi connectivity index (χ1v) is 11.6. The zero-order chi connectivity index (χ0) is 22.2. The average molecular weight is 425 g/mol. The molecule has 0 spiro atoms. The first-order valence-electron chi connectivity index (χ1n) is 11.6. The molecule has 168 valence electrons. The van der Waals surface area contributed by atoms with Gasteiger partial charge in [-0.3, -0.25) is 9.59 Å². The topological polar surface area (TPSA) is 87.5 Å². The first kappa shape index (κ1) is 23.2. The summed E-state index contributed by atoms with van der Waals surface area (Å²) >= 11 is 0. The van der Waals surface area contributed by atoms with Gasteiger partial charge in [0.1, 0.15) is 0 Å². The standard InChI is InChI=1S/C25H36N4O2/c1-3-18(4-2)17-29-14-12-22(28-23(11-13-26)25(29)31)16-27-24(30)21-10-9-19-7-5-6-8-20(19)15-21/h5-10,15,18,22-23,28H,3-4,11-14,16-17,26H2,1-2H3,(H,27,30)/t22-,23-/m0/s1. The molecule has 4 N–H and O–H groups in total. The minimum Gasteiger partial charge on any atom is -0.350 e. The Balaban J connectivity index is 1.63. The third-order valence-corrected chi connectivity index (χ3v) is 6.40. The molecule has 0 aromatic heterocycles. The van der Waals surface area contributed by atoms with Gasteiger partial charge in [-0.1, -0.05) is 57.0 Å². The number of rotatable bonds is 9. The van der Waals surface area contributed by atoms with Gasteiger partial charge in [-0.05, 0) is 48.2 Å². The maximum Gasteiger partial charge on any atom is 0.251 e. The van der Waals surface area contributed by atoms with Crippen LogP contribution in [0.3, 0.4) is 0 Å². The lowest BCUT2D eigenvalue weighted by Crippen LogP contribution is -2.50. The van der Waals surface area contributed by atoms with E-state index >= 15 is 0 Å². The number of carbonyl (C=O) groups excluding carboxylic acids is 2. The number of nitrogens with two attached hydrogens (primary N) is 1. The van der Waals surface area contributed by atoms with E-state index < -0.39 is 0 Å². The molecule has 0 unspecified atom stereocenters. The molecule has 0 bridgehead atoms. The summed E-state index contributed by atoms with van der Waals surface area (Å²) in [5.41, 5.74) is 6.43. The van der Waals surface area contributed by atoms with Crippen molar-refractivity contribution in [2.75, 3.05) is 26.2 Å². The summed E-state index contributed by atoms with van der Waals surface area (Å²) in [7, 11) is 0. The lowest BCUT2D eigenvalue weighted by atomic mass is 10.0. The number of hydrogen-bond donors (Lipinski definition) is 3. The molecule has 2 amide bonds. The SMILES string of the molecule is CCC(CC)CN1CC[C@@H](CNC(=O)c2ccc3ccccc3c2)N[C@@H](CCN)C1=O. The van der Waals surface area contributed by atoms with Crippen LogP contribution in [-0.2, 0) is 4.79 Å². The highest BCUT2D eigenvalue weighted by atomic mass is 16.2. The van der Waals surface area contributed by atoms with E-state index in [1.165, 1.54) is 0 Å². The lowest BCUT2D eigenvalue weighted by molar-refractivity contribution is -0.133. The summed E-state index contributed by atoms with van der Waals surface area (Å²) in [6.45, 7) is 6.80. The molecule has 1 saturated heterocycles. The van der Waals surface area contributed by atoms with Crippen molar-refractivity contribution < 1.29 is 9.59 Å². The summed E-state index contributed by atoms with van der Waals surface area (Å²) in [6.07, 6.45) is 3.55. The van der Waals surface area contributed by atoms with E-state index in [0.717, 1.165) is 36.6 Å². The number of fused-ring (bicyclic) bond motifs is 1. The number of carbonyl (C=O) groups is 2. The van der Waals surface area contributed by atoms with Crippen molar-refractivity contribution in [1.29, 1.82) is 0 Å². The van der Waals surface area contributed by atoms with Gasteiger partial charge < -0.3 is 21.3 Å². The van der Waals surface area contributed by atoms with E-state index in [-0.39, 0.29) is 23.9 Å². The predicted octanol–water partition coefficient (Wildman–Crippen LogP) is 2.91. The molecule has 31 heavy (non-hydrogen) atoms. The molecule has 2 atom stereocenters. The van der Waals surface area contributed by atoms with Crippen LogP contribution in [0.25, 0.3) is 10.8 Å². The van der Waals surface area contributed by atoms with Gasteiger partial charge in [-0.15, -0.1) is 0 Å². The summed E-state index contributed by atoms with van der Waals surface area (Å²) < 4.78 is 0. The van der Waals surface area contributed by atoms with Crippen LogP contribution in [0, 0.1) is 5.92 Å². The van der Waals surface area contributed by atoms with Crippen molar-refractivity contribution in [3.63, 3.8) is 0 Å². The number of nitrogens with zero attached hydrogens (tertiary/aromatic N) is 1. The number of benzene rings is 2. The largest absolute Gasteiger partial charge is 0.350 e. The fraction of sp³-hybridized carbons (Fsp3) is 0.520. The van der Waals surface area contributed by atoms with Crippen LogP contribution in [0.5, 0.6) is 0 Å². The molecule has 2 aromatic carbocycles. The number of hydrogen-bond acceptors (Lipinski definition) is 4. The Kier molecular flexibility index (Phi) is 8.43. The molecule has 6 nitrogen and oxygen atoms in total. The fourth-order valence-corrected chi connectivity index (χ4v) is 4.30. The average Bonchev–Trinajstić information content (AvgIpc) is 2.94. The highest BCUT2D eigenvalue weighted by Gasteiger charge is 2.31. The van der Waals surface area contributed by atoms with Gasteiger partial charge in [-0.25, -0.2) is 0 Å². The van der Waals surface area contributed by atoms with E-state index in [2.05, 4.69) is 24.5 Å². The van der Waals surface area contributed by atoms with Gasteiger partial charge in [0.05, 0.1) is 6.04 Å². The smallest absolute Gasteiger partial charge is 0.251 e. The Hall–Kier alpha value is -2.44. The molecule has 1 aliphatic rings. The molecule has 1 fully saturated rings. The Bertz CT molecular complexity index is 881. The van der Waals surface area contributed by atoms with Gasteiger partial charge in [0, 0.05) is 31.2 Å². The van der Waals surface area contributed by atoms with Crippen molar-refractivity contribution in [2.24, 2.45) is 11.7 Å². The summed E-state index contributed by atoms with van der Waals surface area (Å²) in [5, 5.41) is 8.68. The van der Waals surface area contributed by atoms with Gasteiger partial charge in [0.2, 0.25) is 5.91 Å². The monoisotopic (exact) mass is 424 g/mol. The van der Waals surface area contributed by atoms with Gasteiger partial charge >= 0.3 is 0 Å². The molecule has 3 rings (SSSR count). The quantitative estimate of drug-likeness (QED) is 0.578. The molecular weight excluding hydrogens is 388 g/mol. The third kappa shape index (κ3) is 6.05. The minimum absolute atomic E-state index is 0.0385. The van der Waals surface area contributed by atoms with E-state index in [0.29, 0.717) is 37.5 Å². The number of amides is 2. The van der Waals surface area contributed by atoms with Crippen LogP contribution in [-0.4, -0.2) is 55.0 Å². The first-order chi connectivity index (χ1) is 15.0. The van der Waals surface area contributed by atoms with Crippen molar-refractivity contribution >= 4 is 22.6 Å². The second kappa shape index (κ2) is 11.3. The summed E-state index contributed by atoms with van der Waals surface area (Å²) in [5.74, 6) is 0.569. The second-order valence-electron chi connectivity index (χ2n) is 8.52. The number of nitrogens with one attached hydrogen (secondary N) is 2. The van der Waals surface area contributed by atoms with Crippen LogP contribution < -0.4 is 16.4 Å². The zero-order valence-electron chi connectivity index (χ0n) is 18.8. The van der Waals surface area contributed by atoms with Crippen molar-refractivity contribution in [1.82, 2.24) is 15.5 Å². The van der Waals surface area contributed by atoms with E-state index in [1.807, 2.05) is 47.4 Å².